The second-order valence-corrected chi connectivity index (χ2v) is 11.6. The van der Waals surface area contributed by atoms with Crippen LogP contribution in [0, 0.1) is 13.8 Å². The van der Waals surface area contributed by atoms with Crippen molar-refractivity contribution >= 4 is 23.8 Å². The number of nitrogens with two attached hydrogens (primary N) is 1. The Morgan fingerprint density at radius 3 is 2.23 bits per heavy atom. The first-order chi connectivity index (χ1) is 18.3. The summed E-state index contributed by atoms with van der Waals surface area (Å²) in [6.07, 6.45) is 5.71. The molecule has 2 atom stereocenters. The van der Waals surface area contributed by atoms with Crippen molar-refractivity contribution in [1.82, 2.24) is 15.5 Å². The third-order valence-corrected chi connectivity index (χ3v) is 7.03. The van der Waals surface area contributed by atoms with E-state index >= 15 is 0 Å². The Morgan fingerprint density at radius 2 is 1.69 bits per heavy atom. The molecule has 1 aliphatic carbocycles. The van der Waals surface area contributed by atoms with E-state index in [1.165, 1.54) is 0 Å². The third-order valence-electron chi connectivity index (χ3n) is 7.03. The van der Waals surface area contributed by atoms with Crippen molar-refractivity contribution in [3.05, 3.63) is 34.9 Å². The van der Waals surface area contributed by atoms with Gasteiger partial charge in [-0.2, -0.15) is 0 Å². The Labute approximate surface area is 233 Å². The van der Waals surface area contributed by atoms with Gasteiger partial charge in [-0.1, -0.05) is 50.8 Å². The zero-order chi connectivity index (χ0) is 29.2. The zero-order valence-corrected chi connectivity index (χ0v) is 24.6. The molecule has 0 aromatic heterocycles. The van der Waals surface area contributed by atoms with Gasteiger partial charge in [0.05, 0.1) is 0 Å². The van der Waals surface area contributed by atoms with Crippen LogP contribution in [0.15, 0.2) is 18.2 Å². The van der Waals surface area contributed by atoms with Gasteiger partial charge in [0.1, 0.15) is 17.7 Å². The maximum Gasteiger partial charge on any atom is 0.408 e. The summed E-state index contributed by atoms with van der Waals surface area (Å²) in [7, 11) is 0. The largest absolute Gasteiger partial charge is 0.444 e. The van der Waals surface area contributed by atoms with Crippen LogP contribution in [-0.4, -0.2) is 52.9 Å². The molecule has 9 heteroatoms. The van der Waals surface area contributed by atoms with E-state index in [4.69, 9.17) is 10.5 Å². The summed E-state index contributed by atoms with van der Waals surface area (Å²) in [5, 5.41) is 5.88. The van der Waals surface area contributed by atoms with Gasteiger partial charge in [-0.15, -0.1) is 0 Å². The highest BCUT2D eigenvalue weighted by Gasteiger charge is 2.38. The van der Waals surface area contributed by atoms with Crippen LogP contribution < -0.4 is 16.4 Å². The lowest BCUT2D eigenvalue weighted by atomic mass is 9.91. The number of nitrogens with zero attached hydrogens (tertiary/aromatic N) is 1. The number of benzene rings is 1. The van der Waals surface area contributed by atoms with Crippen molar-refractivity contribution in [1.29, 1.82) is 0 Å². The fourth-order valence-corrected chi connectivity index (χ4v) is 5.10. The fraction of sp³-hybridized carbons (Fsp3) is 0.667. The van der Waals surface area contributed by atoms with Crippen molar-refractivity contribution in [2.24, 2.45) is 5.73 Å². The molecule has 2 rings (SSSR count). The van der Waals surface area contributed by atoms with Crippen molar-refractivity contribution in [3.63, 3.8) is 0 Å². The molecule has 1 aromatic carbocycles. The van der Waals surface area contributed by atoms with Gasteiger partial charge in [0.2, 0.25) is 17.7 Å². The number of unbranched alkanes of at least 4 members (excludes halogenated alkanes) is 1. The van der Waals surface area contributed by atoms with Crippen LogP contribution in [0.25, 0.3) is 0 Å². The molecule has 0 bridgehead atoms. The first kappa shape index (κ1) is 32.1. The number of rotatable bonds is 12. The van der Waals surface area contributed by atoms with Crippen molar-refractivity contribution in [3.8, 4) is 0 Å². The van der Waals surface area contributed by atoms with Gasteiger partial charge in [0.15, 0.2) is 0 Å². The van der Waals surface area contributed by atoms with Gasteiger partial charge in [-0.3, -0.25) is 14.4 Å². The minimum absolute atomic E-state index is 0.000245. The smallest absolute Gasteiger partial charge is 0.408 e. The Balaban J connectivity index is 2.52. The lowest BCUT2D eigenvalue weighted by Gasteiger charge is -2.37. The lowest BCUT2D eigenvalue weighted by molar-refractivity contribution is -0.143. The van der Waals surface area contributed by atoms with Crippen molar-refractivity contribution in [2.75, 3.05) is 6.54 Å². The molecule has 218 valence electrons. The summed E-state index contributed by atoms with van der Waals surface area (Å²) < 4.78 is 5.40. The topological polar surface area (TPSA) is 131 Å². The van der Waals surface area contributed by atoms with Gasteiger partial charge in [-0.25, -0.2) is 4.79 Å². The number of alkyl carbamates (subject to hydrolysis) is 1. The lowest BCUT2D eigenvalue weighted by Crippen LogP contribution is -2.54. The maximum absolute atomic E-state index is 14.2. The maximum atomic E-state index is 14.2. The molecule has 4 amide bonds. The van der Waals surface area contributed by atoms with Crippen LogP contribution in [0.5, 0.6) is 0 Å². The molecule has 1 aliphatic rings. The first-order valence-electron chi connectivity index (χ1n) is 14.3. The summed E-state index contributed by atoms with van der Waals surface area (Å²) >= 11 is 0. The van der Waals surface area contributed by atoms with E-state index in [9.17, 15) is 19.2 Å². The van der Waals surface area contributed by atoms with Crippen molar-refractivity contribution < 1.29 is 23.9 Å². The number of hydrogen-bond donors (Lipinski definition) is 3. The van der Waals surface area contributed by atoms with Gasteiger partial charge in [0.25, 0.3) is 0 Å². The highest BCUT2D eigenvalue weighted by atomic mass is 16.6. The highest BCUT2D eigenvalue weighted by molar-refractivity contribution is 5.93. The molecule has 0 aliphatic heterocycles. The van der Waals surface area contributed by atoms with Crippen molar-refractivity contribution in [2.45, 2.75) is 123 Å². The average molecular weight is 545 g/mol. The predicted molar refractivity (Wildman–Crippen MR) is 152 cm³/mol. The monoisotopic (exact) mass is 544 g/mol. The molecular formula is C30H48N4O5. The minimum Gasteiger partial charge on any atom is -0.444 e. The molecule has 0 radical (unpaired) electrons. The normalized spacial score (nSPS) is 15.6. The minimum atomic E-state index is -1.08. The SMILES string of the molecule is CCCCN(C(=O)C(CCC(N)=O)NC(=O)OC(C)(C)C)C(C(=O)NC1CCCCC1)c1c(C)cccc1C. The molecule has 9 nitrogen and oxygen atoms in total. The molecule has 1 fully saturated rings. The number of carbonyl (C=O) groups is 4. The Kier molecular flexibility index (Phi) is 12.3. The number of ether oxygens (including phenoxy) is 1. The summed E-state index contributed by atoms with van der Waals surface area (Å²) in [5.41, 5.74) is 7.21. The summed E-state index contributed by atoms with van der Waals surface area (Å²) in [5.74, 6) is -1.25. The third kappa shape index (κ3) is 10.2. The molecule has 1 aromatic rings. The fourth-order valence-electron chi connectivity index (χ4n) is 5.10. The van der Waals surface area contributed by atoms with Gasteiger partial charge in [0, 0.05) is 19.0 Å². The molecule has 4 N–H and O–H groups in total. The van der Waals surface area contributed by atoms with E-state index < -0.39 is 35.6 Å². The zero-order valence-electron chi connectivity index (χ0n) is 24.6. The molecule has 39 heavy (non-hydrogen) atoms. The van der Waals surface area contributed by atoms with Gasteiger partial charge < -0.3 is 26.0 Å². The Morgan fingerprint density at radius 1 is 1.08 bits per heavy atom. The van der Waals surface area contributed by atoms with Crippen LogP contribution in [0.4, 0.5) is 4.79 Å². The average Bonchev–Trinajstić information content (AvgIpc) is 2.84. The van der Waals surface area contributed by atoms with Crippen LogP contribution >= 0.6 is 0 Å². The number of nitrogens with one attached hydrogen (secondary N) is 2. The Hall–Kier alpha value is -3.10. The first-order valence-corrected chi connectivity index (χ1v) is 14.3. The number of aryl methyl sites for hydroxylation is 2. The second kappa shape index (κ2) is 14.9. The van der Waals surface area contributed by atoms with E-state index in [2.05, 4.69) is 10.6 Å². The molecule has 0 saturated heterocycles. The predicted octanol–water partition coefficient (Wildman–Crippen LogP) is 4.58. The van der Waals surface area contributed by atoms with E-state index in [0.717, 1.165) is 55.2 Å². The highest BCUT2D eigenvalue weighted by Crippen LogP contribution is 2.30. The summed E-state index contributed by atoms with van der Waals surface area (Å²) in [6.45, 7) is 11.4. The van der Waals surface area contributed by atoms with Gasteiger partial charge in [-0.05, 0) is 77.0 Å². The standard InChI is InChI=1S/C30H48N4O5/c1-7-8-19-34(28(37)23(17-18-24(31)35)33-29(38)39-30(4,5)6)26(25-20(2)13-12-14-21(25)3)27(36)32-22-15-10-9-11-16-22/h12-14,22-23,26H,7-11,15-19H2,1-6H3,(H2,31,35)(H,32,36)(H,33,38). The van der Waals surface area contributed by atoms with E-state index in [1.807, 2.05) is 39.0 Å². The van der Waals surface area contributed by atoms with E-state index in [0.29, 0.717) is 13.0 Å². The summed E-state index contributed by atoms with van der Waals surface area (Å²) in [4.78, 5) is 54.2. The molecule has 0 spiro atoms. The van der Waals surface area contributed by atoms with Gasteiger partial charge >= 0.3 is 6.09 Å². The number of hydrogen-bond acceptors (Lipinski definition) is 5. The van der Waals surface area contributed by atoms with E-state index in [1.54, 1.807) is 25.7 Å². The van der Waals surface area contributed by atoms with Crippen LogP contribution in [0.1, 0.15) is 108 Å². The van der Waals surface area contributed by atoms with E-state index in [-0.39, 0.29) is 24.8 Å². The van der Waals surface area contributed by atoms with Crippen LogP contribution in [0.3, 0.4) is 0 Å². The van der Waals surface area contributed by atoms with Crippen LogP contribution in [-0.2, 0) is 19.1 Å². The summed E-state index contributed by atoms with van der Waals surface area (Å²) in [6, 6.07) is 3.90. The number of carbonyl (C=O) groups excluding carboxylic acids is 4. The Bertz CT molecular complexity index is 977. The number of primary amides is 1. The molecule has 0 heterocycles. The molecule has 2 unspecified atom stereocenters. The molecular weight excluding hydrogens is 496 g/mol. The quantitative estimate of drug-likeness (QED) is 0.354. The molecule has 1 saturated carbocycles. The second-order valence-electron chi connectivity index (χ2n) is 11.6. The number of amides is 4. The van der Waals surface area contributed by atoms with Crippen LogP contribution in [0.2, 0.25) is 0 Å².